The van der Waals surface area contributed by atoms with Gasteiger partial charge < -0.3 is 9.64 Å². The highest BCUT2D eigenvalue weighted by molar-refractivity contribution is 6.31. The van der Waals surface area contributed by atoms with Gasteiger partial charge >= 0.3 is 0 Å². The molecule has 106 valence electrons. The van der Waals surface area contributed by atoms with Crippen molar-refractivity contribution in [3.8, 4) is 0 Å². The van der Waals surface area contributed by atoms with Gasteiger partial charge in [-0.3, -0.25) is 0 Å². The minimum Gasteiger partial charge on any atom is -0.378 e. The minimum absolute atomic E-state index is 0.117. The van der Waals surface area contributed by atoms with E-state index in [9.17, 15) is 0 Å². The Labute approximate surface area is 125 Å². The number of ether oxygens (including phenoxy) is 1. The molecular weight excluding hydrogens is 305 g/mol. The Kier molecular flexibility index (Phi) is 5.78. The predicted molar refractivity (Wildman–Crippen MR) is 72.7 cm³/mol. The van der Waals surface area contributed by atoms with Crippen LogP contribution in [-0.4, -0.2) is 56.7 Å². The van der Waals surface area contributed by atoms with Crippen molar-refractivity contribution < 1.29 is 4.74 Å². The van der Waals surface area contributed by atoms with Crippen molar-refractivity contribution in [2.75, 3.05) is 31.2 Å². The van der Waals surface area contributed by atoms with E-state index in [1.165, 1.54) is 0 Å². The number of halogens is 2. The van der Waals surface area contributed by atoms with Gasteiger partial charge in [0, 0.05) is 13.1 Å². The van der Waals surface area contributed by atoms with E-state index in [4.69, 9.17) is 27.9 Å². The highest BCUT2D eigenvalue weighted by atomic mass is 35.5. The molecule has 0 atom stereocenters. The molecule has 0 spiro atoms. The summed E-state index contributed by atoms with van der Waals surface area (Å²) in [5.74, 6) is 0.512. The number of aromatic nitrogens is 6. The van der Waals surface area contributed by atoms with Crippen molar-refractivity contribution in [2.45, 2.75) is 0 Å². The topological polar surface area (TPSA) is 89.8 Å². The molecule has 0 unspecified atom stereocenters. The van der Waals surface area contributed by atoms with E-state index in [0.29, 0.717) is 19.2 Å². The molecule has 2 aromatic heterocycles. The summed E-state index contributed by atoms with van der Waals surface area (Å²) in [5, 5.41) is 10.4. The van der Waals surface area contributed by atoms with Crippen LogP contribution >= 0.6 is 23.2 Å². The Bertz CT molecular complexity index is 477. The lowest BCUT2D eigenvalue weighted by Crippen LogP contribution is -2.37. The first-order chi connectivity index (χ1) is 9.75. The molecule has 0 bridgehead atoms. The fraction of sp³-hybridized carbons (Fsp3) is 0.400. The van der Waals surface area contributed by atoms with E-state index in [-0.39, 0.29) is 10.6 Å². The molecular formula is C10H11Cl2N7O. The number of anilines is 1. The Morgan fingerprint density at radius 1 is 0.950 bits per heavy atom. The zero-order chi connectivity index (χ0) is 14.2. The Balaban J connectivity index is 0.000000205. The second-order valence-electron chi connectivity index (χ2n) is 3.58. The highest BCUT2D eigenvalue weighted by Gasteiger charge is 2.15. The predicted octanol–water partition coefficient (Wildman–Crippen LogP) is 0.887. The zero-order valence-corrected chi connectivity index (χ0v) is 11.9. The Morgan fingerprint density at radius 3 is 2.00 bits per heavy atom. The van der Waals surface area contributed by atoms with Crippen molar-refractivity contribution in [3.63, 3.8) is 0 Å². The van der Waals surface area contributed by atoms with Crippen LogP contribution in [0.15, 0.2) is 18.5 Å². The summed E-state index contributed by atoms with van der Waals surface area (Å²) in [6.07, 6.45) is 3.15. The summed E-state index contributed by atoms with van der Waals surface area (Å²) in [6, 6.07) is 1.72. The minimum atomic E-state index is 0.117. The van der Waals surface area contributed by atoms with Crippen LogP contribution in [0.2, 0.25) is 10.6 Å². The van der Waals surface area contributed by atoms with E-state index in [0.717, 1.165) is 13.1 Å². The van der Waals surface area contributed by atoms with Crippen molar-refractivity contribution >= 4 is 29.2 Å². The third kappa shape index (κ3) is 4.80. The first kappa shape index (κ1) is 14.8. The van der Waals surface area contributed by atoms with E-state index < -0.39 is 0 Å². The van der Waals surface area contributed by atoms with Crippen molar-refractivity contribution in [1.29, 1.82) is 0 Å². The molecule has 3 heterocycles. The summed E-state index contributed by atoms with van der Waals surface area (Å²) >= 11 is 11.3. The van der Waals surface area contributed by atoms with E-state index >= 15 is 0 Å². The van der Waals surface area contributed by atoms with E-state index in [1.54, 1.807) is 18.5 Å². The lowest BCUT2D eigenvalue weighted by Gasteiger charge is -2.26. The van der Waals surface area contributed by atoms with Crippen LogP contribution < -0.4 is 4.90 Å². The second kappa shape index (κ2) is 7.83. The van der Waals surface area contributed by atoms with Gasteiger partial charge in [0.05, 0.1) is 25.6 Å². The first-order valence-corrected chi connectivity index (χ1v) is 6.49. The average Bonchev–Trinajstić information content (AvgIpc) is 2.50. The summed E-state index contributed by atoms with van der Waals surface area (Å²) in [7, 11) is 0. The maximum absolute atomic E-state index is 5.66. The van der Waals surface area contributed by atoms with Gasteiger partial charge in [-0.25, -0.2) is 0 Å². The van der Waals surface area contributed by atoms with Crippen LogP contribution in [0.5, 0.6) is 0 Å². The van der Waals surface area contributed by atoms with Gasteiger partial charge in [-0.1, -0.05) is 0 Å². The molecule has 1 aliphatic rings. The Morgan fingerprint density at radius 2 is 1.55 bits per heavy atom. The van der Waals surface area contributed by atoms with Crippen LogP contribution in [0.3, 0.4) is 0 Å². The lowest BCUT2D eigenvalue weighted by molar-refractivity contribution is 0.122. The van der Waals surface area contributed by atoms with E-state index in [1.807, 2.05) is 4.90 Å². The second-order valence-corrected chi connectivity index (χ2v) is 4.26. The zero-order valence-electron chi connectivity index (χ0n) is 10.4. The summed E-state index contributed by atoms with van der Waals surface area (Å²) in [6.45, 7) is 2.83. The fourth-order valence-corrected chi connectivity index (χ4v) is 1.78. The maximum atomic E-state index is 5.66. The molecule has 20 heavy (non-hydrogen) atoms. The molecule has 1 saturated heterocycles. The smallest absolute Gasteiger partial charge is 0.231 e. The fourth-order valence-electron chi connectivity index (χ4n) is 1.43. The number of morpholine rings is 1. The summed E-state index contributed by atoms with van der Waals surface area (Å²) < 4.78 is 5.20. The van der Waals surface area contributed by atoms with Gasteiger partial charge in [-0.05, 0) is 34.5 Å². The quantitative estimate of drug-likeness (QED) is 0.766. The van der Waals surface area contributed by atoms with E-state index in [2.05, 4.69) is 30.4 Å². The molecule has 1 aliphatic heterocycles. The molecule has 1 fully saturated rings. The summed E-state index contributed by atoms with van der Waals surface area (Å²) in [5.41, 5.74) is 0. The molecule has 3 rings (SSSR count). The molecule has 0 amide bonds. The Hall–Kier alpha value is -1.64. The SMILES string of the molecule is Clc1nc(Cl)nc(N2CCOCC2)n1.c1cnnnc1. The number of nitrogens with zero attached hydrogens (tertiary/aromatic N) is 7. The van der Waals surface area contributed by atoms with Crippen LogP contribution in [-0.2, 0) is 4.74 Å². The molecule has 0 radical (unpaired) electrons. The number of hydrogen-bond acceptors (Lipinski definition) is 8. The lowest BCUT2D eigenvalue weighted by atomic mass is 10.4. The molecule has 2 aromatic rings. The number of rotatable bonds is 1. The highest BCUT2D eigenvalue weighted by Crippen LogP contribution is 2.14. The number of hydrogen-bond donors (Lipinski definition) is 0. The maximum Gasteiger partial charge on any atom is 0.231 e. The van der Waals surface area contributed by atoms with Crippen molar-refractivity contribution in [3.05, 3.63) is 29.0 Å². The normalized spacial score (nSPS) is 14.4. The van der Waals surface area contributed by atoms with Gasteiger partial charge in [0.15, 0.2) is 0 Å². The molecule has 8 nitrogen and oxygen atoms in total. The van der Waals surface area contributed by atoms with Crippen molar-refractivity contribution in [2.24, 2.45) is 0 Å². The van der Waals surface area contributed by atoms with Crippen LogP contribution in [0.25, 0.3) is 0 Å². The van der Waals surface area contributed by atoms with Gasteiger partial charge in [-0.15, -0.1) is 10.2 Å². The first-order valence-electron chi connectivity index (χ1n) is 5.74. The standard InChI is InChI=1S/C7H8Cl2N4O.C3H3N3/c8-5-10-6(9)12-7(11-5)13-1-3-14-4-2-13;1-2-4-6-5-3-1/h1-4H2;1-3H. The largest absolute Gasteiger partial charge is 0.378 e. The van der Waals surface area contributed by atoms with Crippen molar-refractivity contribution in [1.82, 2.24) is 30.4 Å². The average molecular weight is 316 g/mol. The third-order valence-corrected chi connectivity index (χ3v) is 2.61. The van der Waals surface area contributed by atoms with Gasteiger partial charge in [0.25, 0.3) is 0 Å². The van der Waals surface area contributed by atoms with Crippen LogP contribution in [0.4, 0.5) is 5.95 Å². The monoisotopic (exact) mass is 315 g/mol. The van der Waals surface area contributed by atoms with Gasteiger partial charge in [-0.2, -0.15) is 15.0 Å². The molecule has 10 heteroatoms. The van der Waals surface area contributed by atoms with Gasteiger partial charge in [0.1, 0.15) is 0 Å². The van der Waals surface area contributed by atoms with Crippen LogP contribution in [0.1, 0.15) is 0 Å². The third-order valence-electron chi connectivity index (χ3n) is 2.27. The molecule has 0 aromatic carbocycles. The van der Waals surface area contributed by atoms with Crippen LogP contribution in [0, 0.1) is 0 Å². The van der Waals surface area contributed by atoms with Gasteiger partial charge in [0.2, 0.25) is 16.5 Å². The summed E-state index contributed by atoms with van der Waals surface area (Å²) in [4.78, 5) is 13.6. The molecule has 0 aliphatic carbocycles. The molecule has 0 saturated carbocycles. The molecule has 0 N–H and O–H groups in total.